The van der Waals surface area contributed by atoms with Crippen LogP contribution >= 0.6 is 15.9 Å². The number of nitrogens with one attached hydrogen (secondary N) is 1. The second kappa shape index (κ2) is 6.24. The van der Waals surface area contributed by atoms with Gasteiger partial charge in [-0.15, -0.1) is 0 Å². The highest BCUT2D eigenvalue weighted by Gasteiger charge is 2.51. The van der Waals surface area contributed by atoms with Gasteiger partial charge in [-0.3, -0.25) is 4.79 Å². The third kappa shape index (κ3) is 3.06. The van der Waals surface area contributed by atoms with Crippen molar-refractivity contribution in [2.45, 2.75) is 18.3 Å². The summed E-state index contributed by atoms with van der Waals surface area (Å²) in [5, 5.41) is 3.00. The van der Waals surface area contributed by atoms with Crippen molar-refractivity contribution in [1.82, 2.24) is 0 Å². The highest BCUT2D eigenvalue weighted by atomic mass is 79.9. The minimum atomic E-state index is -0.436. The summed E-state index contributed by atoms with van der Waals surface area (Å²) in [6, 6.07) is 13.3. The van der Waals surface area contributed by atoms with Gasteiger partial charge in [0, 0.05) is 10.5 Å². The lowest BCUT2D eigenvalue weighted by molar-refractivity contribution is -0.118. The Labute approximate surface area is 143 Å². The standard InChI is InChI=1S/C18H18BrNO3/c1-22-14-7-8-16(23-2)15(11-14)20-17(21)18(9-10-18)12-3-5-13(19)6-4-12/h3-8,11H,9-10H2,1-2H3,(H,20,21). The summed E-state index contributed by atoms with van der Waals surface area (Å²) < 4.78 is 11.6. The number of halogens is 1. The largest absolute Gasteiger partial charge is 0.497 e. The van der Waals surface area contributed by atoms with Crippen LogP contribution in [0.4, 0.5) is 5.69 Å². The van der Waals surface area contributed by atoms with Gasteiger partial charge in [-0.1, -0.05) is 28.1 Å². The molecule has 1 aliphatic carbocycles. The molecule has 4 nitrogen and oxygen atoms in total. The molecule has 0 bridgehead atoms. The number of ether oxygens (including phenoxy) is 2. The first-order chi connectivity index (χ1) is 11.1. The maximum Gasteiger partial charge on any atom is 0.235 e. The summed E-state index contributed by atoms with van der Waals surface area (Å²) in [7, 11) is 3.18. The zero-order valence-corrected chi connectivity index (χ0v) is 14.6. The number of carbonyl (C=O) groups excluding carboxylic acids is 1. The lowest BCUT2D eigenvalue weighted by atomic mass is 9.95. The highest BCUT2D eigenvalue weighted by molar-refractivity contribution is 9.10. The third-order valence-electron chi connectivity index (χ3n) is 4.24. The van der Waals surface area contributed by atoms with Crippen molar-refractivity contribution >= 4 is 27.5 Å². The molecule has 0 aliphatic heterocycles. The van der Waals surface area contributed by atoms with Gasteiger partial charge in [-0.05, 0) is 42.7 Å². The van der Waals surface area contributed by atoms with Crippen LogP contribution < -0.4 is 14.8 Å². The van der Waals surface area contributed by atoms with E-state index in [1.807, 2.05) is 24.3 Å². The summed E-state index contributed by atoms with van der Waals surface area (Å²) in [6.45, 7) is 0. The summed E-state index contributed by atoms with van der Waals surface area (Å²) in [5.41, 5.74) is 1.23. The van der Waals surface area contributed by atoms with Gasteiger partial charge in [0.1, 0.15) is 11.5 Å². The molecule has 0 atom stereocenters. The Morgan fingerprint density at radius 3 is 2.35 bits per heavy atom. The second-order valence-corrected chi connectivity index (χ2v) is 6.53. The van der Waals surface area contributed by atoms with E-state index in [-0.39, 0.29) is 5.91 Å². The molecule has 120 valence electrons. The molecule has 1 fully saturated rings. The van der Waals surface area contributed by atoms with Crippen LogP contribution in [0.3, 0.4) is 0 Å². The molecule has 0 unspecified atom stereocenters. The zero-order valence-electron chi connectivity index (χ0n) is 13.1. The van der Waals surface area contributed by atoms with Crippen molar-refractivity contribution in [3.8, 4) is 11.5 Å². The Morgan fingerprint density at radius 2 is 1.78 bits per heavy atom. The Hall–Kier alpha value is -2.01. The molecule has 0 heterocycles. The van der Waals surface area contributed by atoms with Gasteiger partial charge in [0.15, 0.2) is 0 Å². The van der Waals surface area contributed by atoms with E-state index in [1.54, 1.807) is 32.4 Å². The normalized spacial score (nSPS) is 14.9. The number of hydrogen-bond acceptors (Lipinski definition) is 3. The molecule has 3 rings (SSSR count). The van der Waals surface area contributed by atoms with E-state index >= 15 is 0 Å². The van der Waals surface area contributed by atoms with E-state index in [0.717, 1.165) is 22.9 Å². The SMILES string of the molecule is COc1ccc(OC)c(NC(=O)C2(c3ccc(Br)cc3)CC2)c1. The van der Waals surface area contributed by atoms with E-state index in [9.17, 15) is 4.79 Å². The molecule has 1 saturated carbocycles. The first-order valence-corrected chi connectivity index (χ1v) is 8.18. The van der Waals surface area contributed by atoms with Crippen LogP contribution in [-0.2, 0) is 10.2 Å². The maximum absolute atomic E-state index is 12.8. The number of hydrogen-bond donors (Lipinski definition) is 1. The number of benzene rings is 2. The molecule has 2 aromatic carbocycles. The summed E-state index contributed by atoms with van der Waals surface area (Å²) in [4.78, 5) is 12.8. The summed E-state index contributed by atoms with van der Waals surface area (Å²) >= 11 is 3.43. The van der Waals surface area contributed by atoms with Crippen LogP contribution in [0.25, 0.3) is 0 Å². The summed E-state index contributed by atoms with van der Waals surface area (Å²) in [6.07, 6.45) is 1.71. The van der Waals surface area contributed by atoms with Crippen LogP contribution in [-0.4, -0.2) is 20.1 Å². The fourth-order valence-electron chi connectivity index (χ4n) is 2.69. The van der Waals surface area contributed by atoms with Gasteiger partial charge in [-0.2, -0.15) is 0 Å². The van der Waals surface area contributed by atoms with Crippen LogP contribution in [0.2, 0.25) is 0 Å². The first-order valence-electron chi connectivity index (χ1n) is 7.38. The second-order valence-electron chi connectivity index (χ2n) is 5.61. The molecule has 0 radical (unpaired) electrons. The van der Waals surface area contributed by atoms with Gasteiger partial charge < -0.3 is 14.8 Å². The van der Waals surface area contributed by atoms with Gasteiger partial charge in [0.05, 0.1) is 25.3 Å². The van der Waals surface area contributed by atoms with E-state index < -0.39 is 5.41 Å². The van der Waals surface area contributed by atoms with Gasteiger partial charge in [-0.25, -0.2) is 0 Å². The third-order valence-corrected chi connectivity index (χ3v) is 4.76. The molecule has 5 heteroatoms. The van der Waals surface area contributed by atoms with Crippen molar-refractivity contribution in [3.63, 3.8) is 0 Å². The van der Waals surface area contributed by atoms with Gasteiger partial charge >= 0.3 is 0 Å². The van der Waals surface area contributed by atoms with E-state index in [2.05, 4.69) is 21.2 Å². The van der Waals surface area contributed by atoms with Crippen molar-refractivity contribution in [1.29, 1.82) is 0 Å². The van der Waals surface area contributed by atoms with E-state index in [4.69, 9.17) is 9.47 Å². The molecule has 1 amide bonds. The molecule has 0 aromatic heterocycles. The minimum absolute atomic E-state index is 0.00799. The van der Waals surface area contributed by atoms with E-state index in [1.165, 1.54) is 0 Å². The topological polar surface area (TPSA) is 47.6 Å². The van der Waals surface area contributed by atoms with Crippen LogP contribution in [0, 0.1) is 0 Å². The van der Waals surface area contributed by atoms with Crippen molar-refractivity contribution in [3.05, 3.63) is 52.5 Å². The summed E-state index contributed by atoms with van der Waals surface area (Å²) in [5.74, 6) is 1.28. The lowest BCUT2D eigenvalue weighted by Gasteiger charge is -2.18. The average molecular weight is 376 g/mol. The van der Waals surface area contributed by atoms with Crippen molar-refractivity contribution in [2.24, 2.45) is 0 Å². The molecule has 1 N–H and O–H groups in total. The average Bonchev–Trinajstić information content (AvgIpc) is 3.37. The number of carbonyl (C=O) groups is 1. The number of methoxy groups -OCH3 is 2. The van der Waals surface area contributed by atoms with Crippen LogP contribution in [0.15, 0.2) is 46.9 Å². The molecule has 0 saturated heterocycles. The minimum Gasteiger partial charge on any atom is -0.497 e. The maximum atomic E-state index is 12.8. The van der Waals surface area contributed by atoms with Crippen molar-refractivity contribution < 1.29 is 14.3 Å². The quantitative estimate of drug-likeness (QED) is 0.854. The molecule has 0 spiro atoms. The highest BCUT2D eigenvalue weighted by Crippen LogP contribution is 2.49. The van der Waals surface area contributed by atoms with E-state index in [0.29, 0.717) is 17.2 Å². The van der Waals surface area contributed by atoms with Crippen LogP contribution in [0.1, 0.15) is 18.4 Å². The fourth-order valence-corrected chi connectivity index (χ4v) is 2.96. The van der Waals surface area contributed by atoms with Gasteiger partial charge in [0.2, 0.25) is 5.91 Å². The Morgan fingerprint density at radius 1 is 1.09 bits per heavy atom. The first kappa shape index (κ1) is 15.9. The number of anilines is 1. The molecule has 2 aromatic rings. The molecule has 23 heavy (non-hydrogen) atoms. The smallest absolute Gasteiger partial charge is 0.235 e. The zero-order chi connectivity index (χ0) is 16.4. The van der Waals surface area contributed by atoms with Crippen LogP contribution in [0.5, 0.6) is 11.5 Å². The molecular formula is C18H18BrNO3. The lowest BCUT2D eigenvalue weighted by Crippen LogP contribution is -2.28. The van der Waals surface area contributed by atoms with Crippen molar-refractivity contribution in [2.75, 3.05) is 19.5 Å². The fraction of sp³-hybridized carbons (Fsp3) is 0.278. The Balaban J connectivity index is 1.86. The predicted molar refractivity (Wildman–Crippen MR) is 93.2 cm³/mol. The number of amides is 1. The van der Waals surface area contributed by atoms with Gasteiger partial charge in [0.25, 0.3) is 0 Å². The molecule has 1 aliphatic rings. The number of rotatable bonds is 5. The molecular weight excluding hydrogens is 358 g/mol. The Kier molecular flexibility index (Phi) is 4.31. The monoisotopic (exact) mass is 375 g/mol. The Bertz CT molecular complexity index is 724. The predicted octanol–water partition coefficient (Wildman–Crippen LogP) is 4.14.